The molecule has 51 heavy (non-hydrogen) atoms. The van der Waals surface area contributed by atoms with Crippen LogP contribution in [0, 0.1) is 11.6 Å². The number of imidazole rings is 1. The normalized spacial score (nSPS) is 13.4. The zero-order valence-electron chi connectivity index (χ0n) is 28.4. The Morgan fingerprint density at radius 2 is 1.69 bits per heavy atom. The fraction of sp³-hybridized carbons (Fsp3) is 0.231. The third kappa shape index (κ3) is 7.22. The van der Waals surface area contributed by atoms with E-state index in [1.54, 1.807) is 30.5 Å². The number of pyridine rings is 1. The molecule has 4 heterocycles. The molecule has 3 aromatic heterocycles. The molecule has 0 saturated carbocycles. The number of hydrogen-bond acceptors (Lipinski definition) is 8. The number of para-hydroxylation sites is 1. The van der Waals surface area contributed by atoms with Gasteiger partial charge in [-0.3, -0.25) is 14.1 Å². The molecule has 1 aliphatic heterocycles. The highest BCUT2D eigenvalue weighted by Crippen LogP contribution is 2.35. The molecule has 1 amide bonds. The predicted octanol–water partition coefficient (Wildman–Crippen LogP) is 7.66. The van der Waals surface area contributed by atoms with Crippen molar-refractivity contribution in [1.29, 1.82) is 0 Å². The molecule has 0 spiro atoms. The maximum atomic E-state index is 14.3. The van der Waals surface area contributed by atoms with Crippen molar-refractivity contribution >= 4 is 34.6 Å². The third-order valence-corrected chi connectivity index (χ3v) is 8.82. The number of anilines is 4. The average Bonchev–Trinajstić information content (AvgIpc) is 3.55. The number of nitrogens with zero attached hydrogens (tertiary/aromatic N) is 6. The highest BCUT2D eigenvalue weighted by Gasteiger charge is 2.21. The van der Waals surface area contributed by atoms with Crippen LogP contribution < -0.4 is 20.3 Å². The van der Waals surface area contributed by atoms with Gasteiger partial charge in [0.15, 0.2) is 0 Å². The van der Waals surface area contributed by atoms with Crippen LogP contribution in [0.2, 0.25) is 0 Å². The van der Waals surface area contributed by atoms with Crippen LogP contribution in [0.3, 0.4) is 0 Å². The molecule has 1 fully saturated rings. The molecule has 0 aliphatic carbocycles. The molecule has 7 rings (SSSR count). The molecule has 0 bridgehead atoms. The van der Waals surface area contributed by atoms with Crippen molar-refractivity contribution in [2.75, 3.05) is 54.9 Å². The number of amides is 1. The number of fused-ring (bicyclic) bond motifs is 1. The fourth-order valence-electron chi connectivity index (χ4n) is 6.36. The Bertz CT molecular complexity index is 2160. The highest BCUT2D eigenvalue weighted by molar-refractivity contribution is 6.05. The second-order valence-electron chi connectivity index (χ2n) is 12.2. The molecular weight excluding hydrogens is 650 g/mol. The van der Waals surface area contributed by atoms with Gasteiger partial charge in [-0.25, -0.2) is 23.7 Å². The summed E-state index contributed by atoms with van der Waals surface area (Å²) in [7, 11) is 0. The second kappa shape index (κ2) is 14.9. The summed E-state index contributed by atoms with van der Waals surface area (Å²) in [5, 5.41) is 5.72. The van der Waals surface area contributed by atoms with Crippen molar-refractivity contribution in [3.63, 3.8) is 0 Å². The van der Waals surface area contributed by atoms with Gasteiger partial charge in [0.05, 0.1) is 29.4 Å². The van der Waals surface area contributed by atoms with Crippen molar-refractivity contribution in [2.24, 2.45) is 0 Å². The number of ether oxygens (including phenoxy) is 1. The van der Waals surface area contributed by atoms with Gasteiger partial charge in [0.2, 0.25) is 5.95 Å². The minimum atomic E-state index is -0.861. The number of rotatable bonds is 11. The summed E-state index contributed by atoms with van der Waals surface area (Å²) < 4.78 is 36.6. The summed E-state index contributed by atoms with van der Waals surface area (Å²) >= 11 is 0. The average molecular weight is 689 g/mol. The Morgan fingerprint density at radius 1 is 0.882 bits per heavy atom. The first kappa shape index (κ1) is 33.6. The van der Waals surface area contributed by atoms with E-state index >= 15 is 0 Å². The van der Waals surface area contributed by atoms with Crippen LogP contribution in [0.1, 0.15) is 30.6 Å². The van der Waals surface area contributed by atoms with Crippen molar-refractivity contribution in [3.05, 3.63) is 115 Å². The van der Waals surface area contributed by atoms with Crippen LogP contribution in [-0.2, 0) is 0 Å². The first-order valence-electron chi connectivity index (χ1n) is 17.1. The van der Waals surface area contributed by atoms with Crippen LogP contribution in [0.25, 0.3) is 28.3 Å². The fourth-order valence-corrected chi connectivity index (χ4v) is 6.36. The van der Waals surface area contributed by atoms with E-state index in [-0.39, 0.29) is 5.56 Å². The molecule has 1 saturated heterocycles. The maximum absolute atomic E-state index is 14.3. The number of aromatic nitrogens is 4. The smallest absolute Gasteiger partial charge is 0.255 e. The van der Waals surface area contributed by atoms with E-state index in [1.165, 1.54) is 6.07 Å². The van der Waals surface area contributed by atoms with Gasteiger partial charge in [-0.2, -0.15) is 0 Å². The lowest BCUT2D eigenvalue weighted by molar-refractivity contribution is 0.102. The summed E-state index contributed by atoms with van der Waals surface area (Å²) in [6.45, 7) is 9.79. The van der Waals surface area contributed by atoms with Gasteiger partial charge in [0, 0.05) is 61.5 Å². The Kier molecular flexibility index (Phi) is 9.84. The summed E-state index contributed by atoms with van der Waals surface area (Å²) in [4.78, 5) is 32.4. The van der Waals surface area contributed by atoms with Gasteiger partial charge >= 0.3 is 0 Å². The van der Waals surface area contributed by atoms with E-state index < -0.39 is 23.2 Å². The van der Waals surface area contributed by atoms with Gasteiger partial charge in [-0.05, 0) is 74.5 Å². The number of hydrogen-bond donors (Lipinski definition) is 2. The summed E-state index contributed by atoms with van der Waals surface area (Å²) in [5.74, 6) is -1.30. The molecule has 260 valence electrons. The van der Waals surface area contributed by atoms with Gasteiger partial charge < -0.3 is 20.3 Å². The minimum Gasteiger partial charge on any atom is -0.492 e. The van der Waals surface area contributed by atoms with Crippen molar-refractivity contribution in [1.82, 2.24) is 24.3 Å². The topological polar surface area (TPSA) is 99.9 Å². The van der Waals surface area contributed by atoms with Gasteiger partial charge in [-0.15, -0.1) is 0 Å². The minimum absolute atomic E-state index is 0.206. The first-order valence-corrected chi connectivity index (χ1v) is 17.1. The number of carbonyl (C=O) groups is 1. The van der Waals surface area contributed by atoms with E-state index in [9.17, 15) is 13.6 Å². The molecule has 0 radical (unpaired) electrons. The molecule has 3 aromatic carbocycles. The number of carbonyl (C=O) groups excluding carboxylic acids is 1. The van der Waals surface area contributed by atoms with Crippen molar-refractivity contribution in [2.45, 2.75) is 20.3 Å². The zero-order valence-corrected chi connectivity index (χ0v) is 28.4. The van der Waals surface area contributed by atoms with Crippen LogP contribution in [0.4, 0.5) is 31.8 Å². The highest BCUT2D eigenvalue weighted by atomic mass is 19.1. The van der Waals surface area contributed by atoms with E-state index in [2.05, 4.69) is 44.5 Å². The molecule has 2 N–H and O–H groups in total. The zero-order chi connectivity index (χ0) is 35.3. The number of piperazine rings is 1. The Morgan fingerprint density at radius 3 is 2.47 bits per heavy atom. The number of nitrogens with one attached hydrogen (secondary N) is 2. The second-order valence-corrected chi connectivity index (χ2v) is 12.2. The van der Waals surface area contributed by atoms with Gasteiger partial charge in [0.25, 0.3) is 5.91 Å². The monoisotopic (exact) mass is 688 g/mol. The van der Waals surface area contributed by atoms with Crippen LogP contribution in [-0.4, -0.2) is 69.5 Å². The third-order valence-electron chi connectivity index (χ3n) is 8.82. The first-order chi connectivity index (χ1) is 24.9. The summed E-state index contributed by atoms with van der Waals surface area (Å²) in [6.07, 6.45) is 4.72. The Labute approximate surface area is 294 Å². The quantitative estimate of drug-likeness (QED) is 0.143. The lowest BCUT2D eigenvalue weighted by Gasteiger charge is -2.36. The van der Waals surface area contributed by atoms with Gasteiger partial charge in [-0.1, -0.05) is 31.2 Å². The summed E-state index contributed by atoms with van der Waals surface area (Å²) in [6, 6.07) is 23.8. The van der Waals surface area contributed by atoms with E-state index in [0.717, 1.165) is 62.7 Å². The SMILES string of the molecule is CCCN1CCN(c2ccc(Nc3nccc(-c4c(-c5cccc(C(=O)Nc6c(F)cccc6F)c5)nc5ccccn45)n3)c(OCC)c2)CC1. The lowest BCUT2D eigenvalue weighted by atomic mass is 10.0. The predicted molar refractivity (Wildman–Crippen MR) is 196 cm³/mol. The molecule has 0 unspecified atom stereocenters. The van der Waals surface area contributed by atoms with Crippen LogP contribution in [0.15, 0.2) is 97.3 Å². The van der Waals surface area contributed by atoms with E-state index in [0.29, 0.717) is 46.6 Å². The summed E-state index contributed by atoms with van der Waals surface area (Å²) in [5.41, 5.74) is 4.67. The largest absolute Gasteiger partial charge is 0.492 e. The maximum Gasteiger partial charge on any atom is 0.255 e. The number of benzene rings is 3. The lowest BCUT2D eigenvalue weighted by Crippen LogP contribution is -2.46. The van der Waals surface area contributed by atoms with Crippen LogP contribution >= 0.6 is 0 Å². The van der Waals surface area contributed by atoms with Gasteiger partial charge in [0.1, 0.15) is 28.7 Å². The molecule has 0 atom stereocenters. The number of halogens is 2. The molecular formula is C39H38F2N8O2. The van der Waals surface area contributed by atoms with Crippen molar-refractivity contribution in [3.8, 4) is 28.4 Å². The molecule has 6 aromatic rings. The Balaban J connectivity index is 1.19. The molecule has 10 nitrogen and oxygen atoms in total. The molecule has 12 heteroatoms. The van der Waals surface area contributed by atoms with Crippen LogP contribution in [0.5, 0.6) is 5.75 Å². The van der Waals surface area contributed by atoms with E-state index in [1.807, 2.05) is 47.9 Å². The standard InChI is InChI=1S/C39H38F2N8O2/c1-3-18-47-20-22-48(23-21-47)28-14-15-31(33(25-28)51-4-2)43-39-42-17-16-32(44-39)37-35(45-34-13-5-6-19-49(34)37)26-9-7-10-27(24-26)38(50)46-36-29(40)11-8-12-30(36)41/h5-17,19,24-25H,3-4,18,20-23H2,1-2H3,(H,46,50)(H,42,43,44). The Hall–Kier alpha value is -5.88. The molecule has 1 aliphatic rings. The van der Waals surface area contributed by atoms with E-state index in [4.69, 9.17) is 14.7 Å². The van der Waals surface area contributed by atoms with Crippen molar-refractivity contribution < 1.29 is 18.3 Å².